The minimum Gasteiger partial charge on any atom is -0.463 e. The lowest BCUT2D eigenvalue weighted by molar-refractivity contribution is -0.153. The molecule has 0 aliphatic carbocycles. The maximum atomic E-state index is 13.1. The first-order valence-corrected chi connectivity index (χ1v) is 14.8. The summed E-state index contributed by atoms with van der Waals surface area (Å²) in [5, 5.41) is 6.05. The number of carbonyl (C=O) groups excluding carboxylic acids is 2. The van der Waals surface area contributed by atoms with Crippen molar-refractivity contribution < 1.29 is 41.1 Å². The van der Waals surface area contributed by atoms with Crippen molar-refractivity contribution >= 4 is 17.8 Å². The van der Waals surface area contributed by atoms with Gasteiger partial charge in [-0.05, 0) is 63.9 Å². The highest BCUT2D eigenvalue weighted by Crippen LogP contribution is 2.30. The van der Waals surface area contributed by atoms with Crippen molar-refractivity contribution in [1.82, 2.24) is 5.32 Å². The number of oxime groups is 1. The molecule has 0 aliphatic heterocycles. The van der Waals surface area contributed by atoms with Gasteiger partial charge in [0.15, 0.2) is 23.3 Å². The van der Waals surface area contributed by atoms with Gasteiger partial charge in [-0.25, -0.2) is 26.7 Å². The monoisotopic (exact) mass is 630 g/mol. The quantitative estimate of drug-likeness (QED) is 0.0392. The van der Waals surface area contributed by atoms with E-state index < -0.39 is 52.1 Å². The Hall–Kier alpha value is -3.50. The van der Waals surface area contributed by atoms with Gasteiger partial charge in [0.2, 0.25) is 5.82 Å². The van der Waals surface area contributed by atoms with Crippen molar-refractivity contribution in [2.75, 3.05) is 13.2 Å². The van der Waals surface area contributed by atoms with Crippen molar-refractivity contribution in [3.05, 3.63) is 70.5 Å². The molecule has 0 spiro atoms. The third-order valence-electron chi connectivity index (χ3n) is 7.17. The third kappa shape index (κ3) is 13.4. The summed E-state index contributed by atoms with van der Waals surface area (Å²) in [6.07, 6.45) is 2.28. The molecular weight excluding hydrogens is 583 g/mol. The number of nitrogens with one attached hydrogen (secondary N) is 1. The molecule has 248 valence electrons. The van der Waals surface area contributed by atoms with Crippen LogP contribution in [0.15, 0.2) is 35.5 Å². The van der Waals surface area contributed by atoms with Crippen molar-refractivity contribution in [1.29, 1.82) is 0 Å². The van der Waals surface area contributed by atoms with Crippen molar-refractivity contribution in [2.45, 2.75) is 99.8 Å². The minimum atomic E-state index is -2.11. The summed E-state index contributed by atoms with van der Waals surface area (Å²) in [4.78, 5) is 27.4. The van der Waals surface area contributed by atoms with E-state index in [9.17, 15) is 31.5 Å². The highest BCUT2D eigenvalue weighted by molar-refractivity contribution is 5.81. The average molecular weight is 631 g/mol. The molecule has 0 radical (unpaired) electrons. The zero-order valence-corrected chi connectivity index (χ0v) is 27.3. The number of nitrogens with zero attached hydrogens (tertiary/aromatic N) is 1. The van der Waals surface area contributed by atoms with Crippen molar-refractivity contribution in [3.8, 4) is 0 Å². The van der Waals surface area contributed by atoms with Gasteiger partial charge in [-0.2, -0.15) is 0 Å². The van der Waals surface area contributed by atoms with E-state index in [0.717, 1.165) is 12.1 Å². The van der Waals surface area contributed by atoms with Crippen LogP contribution in [0.4, 0.5) is 26.7 Å². The van der Waals surface area contributed by atoms with Crippen LogP contribution in [-0.4, -0.2) is 30.9 Å². The Morgan fingerprint density at radius 3 is 1.80 bits per heavy atom. The van der Waals surface area contributed by atoms with E-state index in [1.54, 1.807) is 13.8 Å². The van der Waals surface area contributed by atoms with Gasteiger partial charge in [0.25, 0.3) is 0 Å². The third-order valence-corrected chi connectivity index (χ3v) is 7.17. The van der Waals surface area contributed by atoms with E-state index >= 15 is 0 Å². The molecule has 6 nitrogen and oxygen atoms in total. The second kappa shape index (κ2) is 20.5. The van der Waals surface area contributed by atoms with Gasteiger partial charge < -0.3 is 10.1 Å². The average Bonchev–Trinajstić information content (AvgIpc) is 3.03. The smallest absolute Gasteiger partial charge is 0.433 e. The van der Waals surface area contributed by atoms with Gasteiger partial charge >= 0.3 is 12.1 Å². The maximum Gasteiger partial charge on any atom is 0.433 e. The topological polar surface area (TPSA) is 77.0 Å². The molecule has 2 rings (SSSR count). The van der Waals surface area contributed by atoms with Crippen LogP contribution in [0.25, 0.3) is 0 Å². The number of halogens is 5. The summed E-state index contributed by atoms with van der Waals surface area (Å²) in [6.45, 7) is 17.0. The number of benzene rings is 2. The van der Waals surface area contributed by atoms with Crippen LogP contribution in [-0.2, 0) is 14.4 Å². The predicted octanol–water partition coefficient (Wildman–Crippen LogP) is 9.57. The molecule has 0 saturated carbocycles. The first-order valence-electron chi connectivity index (χ1n) is 14.8. The Morgan fingerprint density at radius 1 is 0.841 bits per heavy atom. The first kappa shape index (κ1) is 40.5. The molecule has 2 aromatic rings. The normalized spacial score (nSPS) is 12.5. The van der Waals surface area contributed by atoms with E-state index in [2.05, 4.69) is 59.5 Å². The lowest BCUT2D eigenvalue weighted by Gasteiger charge is -2.20. The van der Waals surface area contributed by atoms with Crippen LogP contribution in [0.5, 0.6) is 0 Å². The summed E-state index contributed by atoms with van der Waals surface area (Å²) >= 11 is 0. The van der Waals surface area contributed by atoms with Crippen molar-refractivity contribution in [2.24, 2.45) is 10.6 Å². The number of rotatable bonds is 11. The Morgan fingerprint density at radius 2 is 1.34 bits per heavy atom. The standard InChI is InChI=1S/C13H24N2O4.C10H9F5.C10H14/c1-6-10(3)15-19-12(17)14-8-9-18-11(16)13(4,5)7-2;1-3-4(2)5-6(11)8(13)10(15)9(14)7(5)12;1-3-9(2)10-7-5-4-6-8-10/h6-9H2,1-5H3,(H,14,17);4H,3H2,1-2H3;4-9H,3H2,1-2H3. The molecule has 2 aromatic carbocycles. The lowest BCUT2D eigenvalue weighted by Crippen LogP contribution is -2.31. The highest BCUT2D eigenvalue weighted by Gasteiger charge is 2.28. The fourth-order valence-electron chi connectivity index (χ4n) is 3.13. The number of hydrogen-bond donors (Lipinski definition) is 1. The molecule has 11 heteroatoms. The van der Waals surface area contributed by atoms with Crippen LogP contribution in [0.1, 0.15) is 111 Å². The van der Waals surface area contributed by atoms with E-state index in [-0.39, 0.29) is 19.1 Å². The molecule has 0 bridgehead atoms. The molecule has 1 N–H and O–H groups in total. The van der Waals surface area contributed by atoms with Crippen molar-refractivity contribution in [3.63, 3.8) is 0 Å². The Labute approximate surface area is 258 Å². The molecule has 1 amide bonds. The molecule has 0 heterocycles. The van der Waals surface area contributed by atoms with Crippen LogP contribution < -0.4 is 5.32 Å². The summed E-state index contributed by atoms with van der Waals surface area (Å²) in [5.41, 5.74) is 0.938. The zero-order chi connectivity index (χ0) is 34.0. The van der Waals surface area contributed by atoms with Gasteiger partial charge in [-0.15, -0.1) is 0 Å². The van der Waals surface area contributed by atoms with E-state index in [1.807, 2.05) is 27.7 Å². The summed E-state index contributed by atoms with van der Waals surface area (Å²) in [7, 11) is 0. The maximum absolute atomic E-state index is 13.1. The van der Waals surface area contributed by atoms with E-state index in [0.29, 0.717) is 18.8 Å². The molecule has 2 atom stereocenters. The Bertz CT molecular complexity index is 1180. The molecule has 2 unspecified atom stereocenters. The lowest BCUT2D eigenvalue weighted by atomic mass is 9.91. The zero-order valence-electron chi connectivity index (χ0n) is 27.3. The SMILES string of the molecule is CCC(C)=NOC(=O)NCCOC(=O)C(C)(C)CC.CCC(C)c1c(F)c(F)c(F)c(F)c1F.CCC(C)c1ccccc1. The molecule has 0 aliphatic rings. The van der Waals surface area contributed by atoms with Crippen LogP contribution in [0.2, 0.25) is 0 Å². The number of esters is 1. The number of ether oxygens (including phenoxy) is 1. The predicted molar refractivity (Wildman–Crippen MR) is 163 cm³/mol. The molecule has 44 heavy (non-hydrogen) atoms. The van der Waals surface area contributed by atoms with Crippen LogP contribution in [0, 0.1) is 34.5 Å². The number of amides is 1. The second-order valence-corrected chi connectivity index (χ2v) is 10.9. The van der Waals surface area contributed by atoms with Gasteiger partial charge in [-0.1, -0.05) is 77.0 Å². The van der Waals surface area contributed by atoms with Gasteiger partial charge in [0.05, 0.1) is 17.7 Å². The molecule has 0 fully saturated rings. The molecular formula is C33H47F5N2O4. The highest BCUT2D eigenvalue weighted by atomic mass is 19.2. The molecule has 0 aromatic heterocycles. The summed E-state index contributed by atoms with van der Waals surface area (Å²) in [6, 6.07) is 10.6. The van der Waals surface area contributed by atoms with Gasteiger partial charge in [0.1, 0.15) is 6.61 Å². The summed E-state index contributed by atoms with van der Waals surface area (Å²) < 4.78 is 69.4. The van der Waals surface area contributed by atoms with Gasteiger partial charge in [0, 0.05) is 5.56 Å². The van der Waals surface area contributed by atoms with E-state index in [1.165, 1.54) is 18.9 Å². The number of hydrogen-bond acceptors (Lipinski definition) is 5. The van der Waals surface area contributed by atoms with Gasteiger partial charge in [-0.3, -0.25) is 9.63 Å². The van der Waals surface area contributed by atoms with Crippen LogP contribution in [0.3, 0.4) is 0 Å². The Balaban J connectivity index is 0.000000658. The second-order valence-electron chi connectivity index (χ2n) is 10.9. The summed E-state index contributed by atoms with van der Waals surface area (Å²) in [5.74, 6) is -9.63. The largest absolute Gasteiger partial charge is 0.463 e. The van der Waals surface area contributed by atoms with E-state index in [4.69, 9.17) is 4.74 Å². The minimum absolute atomic E-state index is 0.119. The first-order chi connectivity index (χ1) is 20.6. The van der Waals surface area contributed by atoms with Crippen LogP contribution >= 0.6 is 0 Å². The Kier molecular flexibility index (Phi) is 18.8. The fraction of sp³-hybridized carbons (Fsp3) is 0.545. The molecule has 0 saturated heterocycles. The number of carbonyl (C=O) groups is 2. The fourth-order valence-corrected chi connectivity index (χ4v) is 3.13.